The number of rotatable bonds is 9. The van der Waals surface area contributed by atoms with Gasteiger partial charge in [0.25, 0.3) is 0 Å². The fourth-order valence-electron chi connectivity index (χ4n) is 2.40. The molecule has 0 aliphatic carbocycles. The van der Waals surface area contributed by atoms with Crippen molar-refractivity contribution in [2.45, 2.75) is 71.4 Å². The van der Waals surface area contributed by atoms with Gasteiger partial charge in [-0.25, -0.2) is 0 Å². The van der Waals surface area contributed by atoms with E-state index in [-0.39, 0.29) is 11.7 Å². The Balaban J connectivity index is 0.00000400. The van der Waals surface area contributed by atoms with Crippen LogP contribution >= 0.6 is 23.2 Å². The van der Waals surface area contributed by atoms with Crippen molar-refractivity contribution < 1.29 is 0 Å². The summed E-state index contributed by atoms with van der Waals surface area (Å²) in [6.07, 6.45) is 7.49. The number of hydrogen-bond donors (Lipinski definition) is 2. The van der Waals surface area contributed by atoms with Crippen LogP contribution in [-0.4, -0.2) is 5.54 Å². The lowest BCUT2D eigenvalue weighted by Gasteiger charge is -2.31. The normalized spacial score (nSPS) is 11.3. The predicted molar refractivity (Wildman–Crippen MR) is 95.8 cm³/mol. The van der Waals surface area contributed by atoms with Crippen LogP contribution in [0, 0.1) is 0 Å². The second-order valence-corrected chi connectivity index (χ2v) is 6.68. The van der Waals surface area contributed by atoms with Crippen molar-refractivity contribution >= 4 is 23.2 Å². The fraction of sp³-hybridized carbons (Fsp3) is 0.647. The molecule has 0 aliphatic rings. The maximum absolute atomic E-state index is 6.07. The van der Waals surface area contributed by atoms with Crippen LogP contribution in [0.4, 0.5) is 0 Å². The van der Waals surface area contributed by atoms with Gasteiger partial charge in [0, 0.05) is 12.1 Å². The second kappa shape index (κ2) is 10.4. The molecule has 4 N–H and O–H groups in total. The van der Waals surface area contributed by atoms with Crippen LogP contribution in [0.2, 0.25) is 10.0 Å². The van der Waals surface area contributed by atoms with Gasteiger partial charge in [-0.05, 0) is 37.5 Å². The Bertz CT molecular complexity index is 400. The number of nitrogens with one attached hydrogen (secondary N) is 1. The maximum Gasteiger partial charge on any atom is 0.0595 e. The second-order valence-electron chi connectivity index (χ2n) is 5.87. The molecule has 0 fully saturated rings. The summed E-state index contributed by atoms with van der Waals surface area (Å²) in [6.45, 7) is 7.69. The predicted octanol–water partition coefficient (Wildman–Crippen LogP) is 6.38. The summed E-state index contributed by atoms with van der Waals surface area (Å²) in [5.41, 5.74) is 1.41. The Morgan fingerprint density at radius 3 is 2.05 bits per heavy atom. The molecule has 2 nitrogen and oxygen atoms in total. The van der Waals surface area contributed by atoms with Gasteiger partial charge >= 0.3 is 0 Å². The molecule has 0 aromatic heterocycles. The fourth-order valence-corrected chi connectivity index (χ4v) is 2.72. The highest BCUT2D eigenvalue weighted by molar-refractivity contribution is 6.42. The molecule has 0 aliphatic heterocycles. The smallest absolute Gasteiger partial charge is 0.0595 e. The third-order valence-corrected chi connectivity index (χ3v) is 4.61. The molecule has 0 saturated carbocycles. The summed E-state index contributed by atoms with van der Waals surface area (Å²) in [6, 6.07) is 5.87. The molecule has 1 rings (SSSR count). The lowest BCUT2D eigenvalue weighted by atomic mass is 9.89. The summed E-state index contributed by atoms with van der Waals surface area (Å²) in [7, 11) is 0. The molecule has 0 radical (unpaired) electrons. The van der Waals surface area contributed by atoms with E-state index in [9.17, 15) is 0 Å². The van der Waals surface area contributed by atoms with Crippen LogP contribution in [0.3, 0.4) is 0 Å². The van der Waals surface area contributed by atoms with Crippen LogP contribution in [-0.2, 0) is 6.54 Å². The topological polar surface area (TPSA) is 47.0 Å². The van der Waals surface area contributed by atoms with Crippen molar-refractivity contribution in [1.29, 1.82) is 0 Å². The van der Waals surface area contributed by atoms with E-state index in [0.29, 0.717) is 10.0 Å². The van der Waals surface area contributed by atoms with Gasteiger partial charge in [-0.2, -0.15) is 0 Å². The minimum absolute atomic E-state index is 0. The molecule has 0 bridgehead atoms. The average Bonchev–Trinajstić information content (AvgIpc) is 2.44. The summed E-state index contributed by atoms with van der Waals surface area (Å²) in [5, 5.41) is 4.98. The minimum Gasteiger partial charge on any atom is -0.344 e. The molecule has 0 amide bonds. The first-order valence-corrected chi connectivity index (χ1v) is 8.45. The first kappa shape index (κ1) is 20.7. The molecule has 0 spiro atoms. The number of halogens is 2. The molecule has 4 heteroatoms. The molecular weight excluding hydrogens is 303 g/mol. The largest absolute Gasteiger partial charge is 0.344 e. The van der Waals surface area contributed by atoms with E-state index in [1.807, 2.05) is 18.2 Å². The van der Waals surface area contributed by atoms with Gasteiger partial charge < -0.3 is 11.5 Å². The van der Waals surface area contributed by atoms with E-state index in [2.05, 4.69) is 26.1 Å². The van der Waals surface area contributed by atoms with E-state index < -0.39 is 0 Å². The molecule has 21 heavy (non-hydrogen) atoms. The van der Waals surface area contributed by atoms with E-state index in [1.54, 1.807) is 0 Å². The summed E-state index contributed by atoms with van der Waals surface area (Å²) < 4.78 is 0. The van der Waals surface area contributed by atoms with Crippen LogP contribution < -0.4 is 11.5 Å². The molecule has 1 aromatic carbocycles. The van der Waals surface area contributed by atoms with Crippen LogP contribution in [0.15, 0.2) is 18.2 Å². The monoisotopic (exact) mass is 332 g/mol. The van der Waals surface area contributed by atoms with Crippen LogP contribution in [0.5, 0.6) is 0 Å². The van der Waals surface area contributed by atoms with Crippen molar-refractivity contribution in [2.24, 2.45) is 0 Å². The van der Waals surface area contributed by atoms with Crippen molar-refractivity contribution in [3.8, 4) is 0 Å². The molecule has 1 aromatic rings. The quantitative estimate of drug-likeness (QED) is 0.550. The molecule has 0 heterocycles. The standard InChI is InChI=1S/C17H27Cl2N.H3N/c1-4-6-10-17(3,11-7-5-2)20-13-14-8-9-15(18)16(19)12-14;/h8-9,12,20H,4-7,10-11,13H2,1-3H3;1H3. The Morgan fingerprint density at radius 2 is 1.57 bits per heavy atom. The zero-order valence-corrected chi connectivity index (χ0v) is 15.2. The maximum atomic E-state index is 6.07. The van der Waals surface area contributed by atoms with Gasteiger partial charge in [-0.1, -0.05) is 68.8 Å². The highest BCUT2D eigenvalue weighted by Crippen LogP contribution is 2.25. The molecular formula is C17H30Cl2N2. The first-order valence-electron chi connectivity index (χ1n) is 7.69. The van der Waals surface area contributed by atoms with E-state index >= 15 is 0 Å². The minimum atomic E-state index is 0. The number of benzene rings is 1. The van der Waals surface area contributed by atoms with Gasteiger partial charge in [0.15, 0.2) is 0 Å². The van der Waals surface area contributed by atoms with Gasteiger partial charge in [0.1, 0.15) is 0 Å². The highest BCUT2D eigenvalue weighted by atomic mass is 35.5. The third-order valence-electron chi connectivity index (χ3n) is 3.87. The lowest BCUT2D eigenvalue weighted by Crippen LogP contribution is -2.41. The van der Waals surface area contributed by atoms with Crippen molar-refractivity contribution in [2.75, 3.05) is 0 Å². The van der Waals surface area contributed by atoms with Crippen molar-refractivity contribution in [3.05, 3.63) is 33.8 Å². The Hall–Kier alpha value is -0.280. The van der Waals surface area contributed by atoms with Gasteiger partial charge in [-0.3, -0.25) is 0 Å². The molecule has 0 atom stereocenters. The lowest BCUT2D eigenvalue weighted by molar-refractivity contribution is 0.290. The molecule has 0 saturated heterocycles. The summed E-state index contributed by atoms with van der Waals surface area (Å²) >= 11 is 12.0. The van der Waals surface area contributed by atoms with E-state index in [4.69, 9.17) is 23.2 Å². The third kappa shape index (κ3) is 7.51. The van der Waals surface area contributed by atoms with Gasteiger partial charge in [-0.15, -0.1) is 0 Å². The number of hydrogen-bond acceptors (Lipinski definition) is 2. The Kier molecular flexibility index (Phi) is 10.3. The van der Waals surface area contributed by atoms with E-state index in [1.165, 1.54) is 44.1 Å². The first-order chi connectivity index (χ1) is 9.50. The molecule has 0 unspecified atom stereocenters. The van der Waals surface area contributed by atoms with Crippen LogP contribution in [0.1, 0.15) is 64.9 Å². The zero-order chi connectivity index (χ0) is 15.0. The van der Waals surface area contributed by atoms with Crippen molar-refractivity contribution in [1.82, 2.24) is 11.5 Å². The van der Waals surface area contributed by atoms with Gasteiger partial charge in [0.2, 0.25) is 0 Å². The zero-order valence-electron chi connectivity index (χ0n) is 13.6. The SMILES string of the molecule is CCCCC(C)(CCCC)NCc1ccc(Cl)c(Cl)c1.N. The van der Waals surface area contributed by atoms with Gasteiger partial charge in [0.05, 0.1) is 10.0 Å². The van der Waals surface area contributed by atoms with Crippen molar-refractivity contribution in [3.63, 3.8) is 0 Å². The number of unbranched alkanes of at least 4 members (excludes halogenated alkanes) is 2. The van der Waals surface area contributed by atoms with E-state index in [0.717, 1.165) is 6.54 Å². The Morgan fingerprint density at radius 1 is 1.00 bits per heavy atom. The average molecular weight is 333 g/mol. The Labute approximate surface area is 140 Å². The summed E-state index contributed by atoms with van der Waals surface area (Å²) in [4.78, 5) is 0. The summed E-state index contributed by atoms with van der Waals surface area (Å²) in [5.74, 6) is 0. The van der Waals surface area contributed by atoms with Crippen LogP contribution in [0.25, 0.3) is 0 Å². The highest BCUT2D eigenvalue weighted by Gasteiger charge is 2.22. The molecule has 122 valence electrons.